The average molecular weight is 297 g/mol. The molecule has 1 aromatic heterocycles. The van der Waals surface area contributed by atoms with Crippen molar-refractivity contribution in [2.45, 2.75) is 44.4 Å². The first-order valence-electron chi connectivity index (χ1n) is 5.85. The number of aromatic nitrogens is 2. The van der Waals surface area contributed by atoms with E-state index in [4.69, 9.17) is 5.26 Å². The summed E-state index contributed by atoms with van der Waals surface area (Å²) in [6.07, 6.45) is 1.62. The van der Waals surface area contributed by atoms with Crippen molar-refractivity contribution in [1.29, 1.82) is 5.26 Å². The molecule has 0 atom stereocenters. The van der Waals surface area contributed by atoms with Crippen LogP contribution < -0.4 is 4.98 Å². The van der Waals surface area contributed by atoms with Gasteiger partial charge in [0.05, 0.1) is 6.20 Å². The quantitative estimate of drug-likeness (QED) is 0.680. The summed E-state index contributed by atoms with van der Waals surface area (Å²) in [5.41, 5.74) is 0.525. The van der Waals surface area contributed by atoms with E-state index in [1.165, 1.54) is 0 Å². The normalized spacial score (nSPS) is 12.1. The number of nitrogens with one attached hydrogen (secondary N) is 1. The lowest BCUT2D eigenvalue weighted by Crippen LogP contribution is -2.33. The molecule has 0 aliphatic heterocycles. The van der Waals surface area contributed by atoms with Crippen molar-refractivity contribution in [3.8, 4) is 6.07 Å². The fraction of sp³-hybridized carbons (Fsp3) is 0.545. The molecule has 0 aromatic carbocycles. The van der Waals surface area contributed by atoms with Gasteiger partial charge < -0.3 is 4.98 Å². The number of anilines is 1. The predicted octanol–water partition coefficient (Wildman–Crippen LogP) is 3.52. The Morgan fingerprint density at radius 2 is 1.83 bits per heavy atom. The third-order valence-corrected chi connectivity index (χ3v) is 6.14. The van der Waals surface area contributed by atoms with E-state index in [0.717, 1.165) is 5.16 Å². The van der Waals surface area contributed by atoms with E-state index in [-0.39, 0.29) is 0 Å². The Hall–Kier alpha value is -0.846. The van der Waals surface area contributed by atoms with Crippen LogP contribution in [0.4, 0.5) is 5.82 Å². The lowest BCUT2D eigenvalue weighted by atomic mass is 10.3. The van der Waals surface area contributed by atoms with Gasteiger partial charge in [-0.2, -0.15) is 5.26 Å². The highest BCUT2D eigenvalue weighted by Gasteiger charge is 2.20. The molecule has 0 bridgehead atoms. The van der Waals surface area contributed by atoms with E-state index in [2.05, 4.69) is 60.3 Å². The monoisotopic (exact) mass is 296 g/mol. The molecular formula is C11H20N4SSi2. The molecule has 1 aromatic rings. The Morgan fingerprint density at radius 3 is 2.28 bits per heavy atom. The van der Waals surface area contributed by atoms with Gasteiger partial charge >= 0.3 is 0 Å². The number of hydrogen-bond donors (Lipinski definition) is 1. The zero-order valence-corrected chi connectivity index (χ0v) is 14.6. The van der Waals surface area contributed by atoms with Crippen LogP contribution in [0.2, 0.25) is 39.3 Å². The van der Waals surface area contributed by atoms with Gasteiger partial charge in [0, 0.05) is 0 Å². The van der Waals surface area contributed by atoms with Crippen LogP contribution in [0, 0.1) is 11.3 Å². The zero-order chi connectivity index (χ0) is 14.0. The van der Waals surface area contributed by atoms with Crippen LogP contribution in [0.25, 0.3) is 0 Å². The molecule has 0 fully saturated rings. The molecule has 0 aliphatic rings. The molecule has 0 aliphatic carbocycles. The maximum Gasteiger partial charge on any atom is 0.183 e. The minimum atomic E-state index is -1.52. The van der Waals surface area contributed by atoms with Gasteiger partial charge in [-0.25, -0.2) is 9.97 Å². The Kier molecular flexibility index (Phi) is 4.58. The standard InChI is InChI=1S/C11H20N4SSi2/c1-17(2,3)15-10-9(7-12)8-13-11(14-10)16-18(4,5)6/h8H,1-6H3,(H,13,14,15). The van der Waals surface area contributed by atoms with Gasteiger partial charge in [0.15, 0.2) is 5.16 Å². The molecule has 18 heavy (non-hydrogen) atoms. The van der Waals surface area contributed by atoms with Crippen LogP contribution in [0.3, 0.4) is 0 Å². The Morgan fingerprint density at radius 1 is 1.22 bits per heavy atom. The molecule has 1 heterocycles. The highest BCUT2D eigenvalue weighted by molar-refractivity contribution is 8.28. The zero-order valence-electron chi connectivity index (χ0n) is 11.8. The molecule has 7 heteroatoms. The van der Waals surface area contributed by atoms with E-state index in [9.17, 15) is 0 Å². The molecule has 0 radical (unpaired) electrons. The Bertz CT molecular complexity index is 471. The third-order valence-electron chi connectivity index (χ3n) is 1.78. The lowest BCUT2D eigenvalue weighted by Gasteiger charge is -2.20. The third kappa shape index (κ3) is 5.20. The highest BCUT2D eigenvalue weighted by Crippen LogP contribution is 2.27. The fourth-order valence-electron chi connectivity index (χ4n) is 1.22. The predicted molar refractivity (Wildman–Crippen MR) is 82.9 cm³/mol. The second kappa shape index (κ2) is 5.42. The summed E-state index contributed by atoms with van der Waals surface area (Å²) < 4.78 is 0. The second-order valence-corrected chi connectivity index (χ2v) is 19.9. The van der Waals surface area contributed by atoms with Gasteiger partial charge in [0.2, 0.25) is 0 Å². The first kappa shape index (κ1) is 15.2. The van der Waals surface area contributed by atoms with E-state index in [1.54, 1.807) is 17.4 Å². The Labute approximate surface area is 115 Å². The van der Waals surface area contributed by atoms with Crippen molar-refractivity contribution in [2.75, 3.05) is 4.98 Å². The van der Waals surface area contributed by atoms with Crippen molar-refractivity contribution >= 4 is 32.5 Å². The van der Waals surface area contributed by atoms with Gasteiger partial charge in [0.1, 0.15) is 32.9 Å². The molecule has 0 spiro atoms. The van der Waals surface area contributed by atoms with Gasteiger partial charge in [-0.05, 0) is 0 Å². The van der Waals surface area contributed by atoms with Crippen molar-refractivity contribution in [3.63, 3.8) is 0 Å². The minimum absolute atomic E-state index is 0.525. The van der Waals surface area contributed by atoms with Crippen molar-refractivity contribution in [2.24, 2.45) is 0 Å². The summed E-state index contributed by atoms with van der Waals surface area (Å²) in [6.45, 7) is 13.3. The van der Waals surface area contributed by atoms with Crippen LogP contribution >= 0.6 is 11.2 Å². The largest absolute Gasteiger partial charge is 0.395 e. The first-order chi connectivity index (χ1) is 8.11. The van der Waals surface area contributed by atoms with E-state index < -0.39 is 15.5 Å². The van der Waals surface area contributed by atoms with Crippen molar-refractivity contribution < 1.29 is 0 Å². The fourth-order valence-corrected chi connectivity index (χ4v) is 4.85. The van der Waals surface area contributed by atoms with E-state index in [1.807, 2.05) is 0 Å². The number of nitriles is 1. The number of hydrogen-bond acceptors (Lipinski definition) is 5. The van der Waals surface area contributed by atoms with Crippen LogP contribution in [-0.2, 0) is 0 Å². The lowest BCUT2D eigenvalue weighted by molar-refractivity contribution is 0.972. The summed E-state index contributed by atoms with van der Waals surface area (Å²) in [5, 5.41) is 9.86. The van der Waals surface area contributed by atoms with Gasteiger partial charge in [-0.15, -0.1) is 11.2 Å². The van der Waals surface area contributed by atoms with E-state index in [0.29, 0.717) is 11.4 Å². The Balaban J connectivity index is 3.07. The SMILES string of the molecule is C[Si](C)(C)Nc1nc(S[Si](C)(C)C)ncc1C#N. The van der Waals surface area contributed by atoms with Crippen LogP contribution in [0.5, 0.6) is 0 Å². The number of rotatable bonds is 4. The molecule has 1 N–H and O–H groups in total. The number of nitrogens with zero attached hydrogens (tertiary/aromatic N) is 3. The molecule has 98 valence electrons. The summed E-state index contributed by atoms with van der Waals surface area (Å²) in [5.74, 6) is 0.687. The maximum absolute atomic E-state index is 9.09. The van der Waals surface area contributed by atoms with Crippen LogP contribution in [0.15, 0.2) is 11.4 Å². The summed E-state index contributed by atoms with van der Waals surface area (Å²) >= 11 is 1.74. The molecule has 0 unspecified atom stereocenters. The molecular weight excluding hydrogens is 276 g/mol. The molecule has 4 nitrogen and oxygen atoms in total. The highest BCUT2D eigenvalue weighted by atomic mass is 32.4. The average Bonchev–Trinajstić information content (AvgIpc) is 2.12. The van der Waals surface area contributed by atoms with Gasteiger partial charge in [-0.1, -0.05) is 39.3 Å². The minimum Gasteiger partial charge on any atom is -0.395 e. The molecule has 0 amide bonds. The van der Waals surface area contributed by atoms with Crippen LogP contribution in [0.1, 0.15) is 5.56 Å². The maximum atomic E-state index is 9.09. The molecule has 1 rings (SSSR count). The summed E-state index contributed by atoms with van der Waals surface area (Å²) in [4.78, 5) is 12.2. The molecule has 0 saturated heterocycles. The molecule has 0 saturated carbocycles. The summed E-state index contributed by atoms with van der Waals surface area (Å²) in [6, 6.07) is 2.15. The van der Waals surface area contributed by atoms with Crippen molar-refractivity contribution in [1.82, 2.24) is 9.97 Å². The smallest absolute Gasteiger partial charge is 0.183 e. The van der Waals surface area contributed by atoms with Crippen molar-refractivity contribution in [3.05, 3.63) is 11.8 Å². The second-order valence-electron chi connectivity index (χ2n) is 6.12. The topological polar surface area (TPSA) is 61.6 Å². The van der Waals surface area contributed by atoms with Gasteiger partial charge in [0.25, 0.3) is 0 Å². The van der Waals surface area contributed by atoms with Gasteiger partial charge in [-0.3, -0.25) is 0 Å². The van der Waals surface area contributed by atoms with E-state index >= 15 is 0 Å². The summed E-state index contributed by atoms with van der Waals surface area (Å²) in [7, 11) is -2.83. The van der Waals surface area contributed by atoms with Crippen LogP contribution in [-0.4, -0.2) is 25.4 Å². The first-order valence-corrected chi connectivity index (χ1v) is 14.4.